The van der Waals surface area contributed by atoms with Crippen LogP contribution in [0, 0.1) is 6.92 Å². The molecule has 3 aromatic carbocycles. The summed E-state index contributed by atoms with van der Waals surface area (Å²) in [5.41, 5.74) is 5.60. The van der Waals surface area contributed by atoms with Crippen molar-refractivity contribution in [3.05, 3.63) is 92.9 Å². The number of halogens is 2. The minimum atomic E-state index is -0.529. The van der Waals surface area contributed by atoms with Crippen molar-refractivity contribution < 1.29 is 14.3 Å². The van der Waals surface area contributed by atoms with Crippen LogP contribution in [0.4, 0.5) is 5.69 Å². The van der Waals surface area contributed by atoms with E-state index in [9.17, 15) is 9.59 Å². The molecule has 3 aromatic rings. The highest BCUT2D eigenvalue weighted by Crippen LogP contribution is 2.26. The second kappa shape index (κ2) is 11.5. The molecule has 2 N–H and O–H groups in total. The molecule has 0 heterocycles. The predicted molar refractivity (Wildman–Crippen MR) is 130 cm³/mol. The Morgan fingerprint density at radius 3 is 2.56 bits per heavy atom. The lowest BCUT2D eigenvalue weighted by molar-refractivity contribution is -0.126. The van der Waals surface area contributed by atoms with Crippen LogP contribution in [0.2, 0.25) is 5.02 Å². The molecule has 0 fully saturated rings. The summed E-state index contributed by atoms with van der Waals surface area (Å²) in [5, 5.41) is 7.08. The fraction of sp³-hybridized carbons (Fsp3) is 0.125. The van der Waals surface area contributed by atoms with Crippen molar-refractivity contribution in [2.45, 2.75) is 20.0 Å². The normalized spacial score (nSPS) is 10.7. The SMILES string of the molecule is Cc1ccc(NC(=O)CC(=O)NN=Cc2ccc(OCc3ccccc3)c(Br)c2)cc1Cl. The zero-order valence-electron chi connectivity index (χ0n) is 17.3. The Labute approximate surface area is 199 Å². The molecule has 2 amide bonds. The largest absolute Gasteiger partial charge is 0.488 e. The summed E-state index contributed by atoms with van der Waals surface area (Å²) in [6.45, 7) is 2.32. The van der Waals surface area contributed by atoms with E-state index in [0.717, 1.165) is 21.2 Å². The Morgan fingerprint density at radius 2 is 1.84 bits per heavy atom. The maximum atomic E-state index is 12.0. The van der Waals surface area contributed by atoms with E-state index in [4.69, 9.17) is 16.3 Å². The molecule has 6 nitrogen and oxygen atoms in total. The molecule has 0 aromatic heterocycles. The summed E-state index contributed by atoms with van der Waals surface area (Å²) in [6.07, 6.45) is 1.13. The van der Waals surface area contributed by atoms with Gasteiger partial charge in [0.1, 0.15) is 18.8 Å². The number of hydrogen-bond acceptors (Lipinski definition) is 4. The third-order valence-electron chi connectivity index (χ3n) is 4.37. The molecule has 0 aliphatic carbocycles. The van der Waals surface area contributed by atoms with Gasteiger partial charge in [0.25, 0.3) is 0 Å². The van der Waals surface area contributed by atoms with E-state index in [1.54, 1.807) is 18.2 Å². The van der Waals surface area contributed by atoms with Crippen LogP contribution in [0.1, 0.15) is 23.1 Å². The van der Waals surface area contributed by atoms with Crippen molar-refractivity contribution in [1.29, 1.82) is 0 Å². The number of ether oxygens (including phenoxy) is 1. The highest BCUT2D eigenvalue weighted by Gasteiger charge is 2.10. The van der Waals surface area contributed by atoms with Gasteiger partial charge in [-0.3, -0.25) is 9.59 Å². The van der Waals surface area contributed by atoms with Crippen molar-refractivity contribution in [2.24, 2.45) is 5.10 Å². The molecule has 0 radical (unpaired) electrons. The van der Waals surface area contributed by atoms with Crippen molar-refractivity contribution >= 4 is 51.2 Å². The van der Waals surface area contributed by atoms with Gasteiger partial charge in [-0.25, -0.2) is 5.43 Å². The predicted octanol–water partition coefficient (Wildman–Crippen LogP) is 5.47. The van der Waals surface area contributed by atoms with Crippen LogP contribution in [0.3, 0.4) is 0 Å². The lowest BCUT2D eigenvalue weighted by atomic mass is 10.2. The average molecular weight is 515 g/mol. The second-order valence-electron chi connectivity index (χ2n) is 6.95. The summed E-state index contributed by atoms with van der Waals surface area (Å²) in [6, 6.07) is 20.5. The van der Waals surface area contributed by atoms with Crippen LogP contribution < -0.4 is 15.5 Å². The summed E-state index contributed by atoms with van der Waals surface area (Å²) in [7, 11) is 0. The molecule has 0 atom stereocenters. The van der Waals surface area contributed by atoms with Gasteiger partial charge >= 0.3 is 0 Å². The molecule has 0 aliphatic heterocycles. The Kier molecular flexibility index (Phi) is 8.41. The maximum Gasteiger partial charge on any atom is 0.249 e. The maximum absolute atomic E-state index is 12.0. The van der Waals surface area contributed by atoms with Gasteiger partial charge in [0.2, 0.25) is 11.8 Å². The van der Waals surface area contributed by atoms with Crippen LogP contribution in [0.5, 0.6) is 5.75 Å². The molecule has 0 bridgehead atoms. The fourth-order valence-electron chi connectivity index (χ4n) is 2.69. The third-order valence-corrected chi connectivity index (χ3v) is 5.40. The Balaban J connectivity index is 1.47. The van der Waals surface area contributed by atoms with E-state index in [2.05, 4.69) is 31.8 Å². The molecule has 8 heteroatoms. The van der Waals surface area contributed by atoms with E-state index in [-0.39, 0.29) is 6.42 Å². The Morgan fingerprint density at radius 1 is 1.06 bits per heavy atom. The minimum Gasteiger partial charge on any atom is -0.488 e. The number of hydrazone groups is 1. The first-order chi connectivity index (χ1) is 15.4. The van der Waals surface area contributed by atoms with Crippen LogP contribution in [-0.2, 0) is 16.2 Å². The van der Waals surface area contributed by atoms with Gasteiger partial charge in [0.05, 0.1) is 10.7 Å². The number of nitrogens with one attached hydrogen (secondary N) is 2. The second-order valence-corrected chi connectivity index (χ2v) is 8.21. The van der Waals surface area contributed by atoms with Crippen molar-refractivity contribution in [3.8, 4) is 5.75 Å². The van der Waals surface area contributed by atoms with Gasteiger partial charge < -0.3 is 10.1 Å². The summed E-state index contributed by atoms with van der Waals surface area (Å²) < 4.78 is 6.58. The van der Waals surface area contributed by atoms with E-state index in [0.29, 0.717) is 23.1 Å². The van der Waals surface area contributed by atoms with E-state index in [1.165, 1.54) is 6.21 Å². The Bertz CT molecular complexity index is 1140. The van der Waals surface area contributed by atoms with Crippen LogP contribution in [0.25, 0.3) is 0 Å². The smallest absolute Gasteiger partial charge is 0.249 e. The first-order valence-corrected chi connectivity index (χ1v) is 10.9. The van der Waals surface area contributed by atoms with Crippen LogP contribution in [0.15, 0.2) is 76.3 Å². The molecule has 3 rings (SSSR count). The minimum absolute atomic E-state index is 0.362. The van der Waals surface area contributed by atoms with Crippen molar-refractivity contribution in [2.75, 3.05) is 5.32 Å². The number of benzene rings is 3. The first kappa shape index (κ1) is 23.5. The van der Waals surface area contributed by atoms with Gasteiger partial charge in [-0.2, -0.15) is 5.10 Å². The van der Waals surface area contributed by atoms with Crippen LogP contribution >= 0.6 is 27.5 Å². The topological polar surface area (TPSA) is 79.8 Å². The van der Waals surface area contributed by atoms with Crippen molar-refractivity contribution in [3.63, 3.8) is 0 Å². The number of carbonyl (C=O) groups excluding carboxylic acids is 2. The number of nitrogens with zero attached hydrogens (tertiary/aromatic N) is 1. The fourth-order valence-corrected chi connectivity index (χ4v) is 3.38. The molecule has 0 aliphatic rings. The monoisotopic (exact) mass is 513 g/mol. The average Bonchev–Trinajstić information content (AvgIpc) is 2.76. The molecular weight excluding hydrogens is 494 g/mol. The molecule has 164 valence electrons. The lowest BCUT2D eigenvalue weighted by Gasteiger charge is -2.09. The standard InChI is InChI=1S/C24H21BrClN3O3/c1-16-7-9-19(12-21(16)26)28-23(30)13-24(31)29-27-14-18-8-10-22(20(25)11-18)32-15-17-5-3-2-4-6-17/h2-12,14H,13,15H2,1H3,(H,28,30)(H,29,31). The van der Waals surface area contributed by atoms with Gasteiger partial charge in [0.15, 0.2) is 0 Å². The van der Waals surface area contributed by atoms with Gasteiger partial charge in [-0.1, -0.05) is 48.0 Å². The lowest BCUT2D eigenvalue weighted by Crippen LogP contribution is -2.24. The molecule has 0 saturated carbocycles. The highest BCUT2D eigenvalue weighted by atomic mass is 79.9. The van der Waals surface area contributed by atoms with E-state index < -0.39 is 11.8 Å². The summed E-state index contributed by atoms with van der Waals surface area (Å²) in [4.78, 5) is 24.0. The van der Waals surface area contributed by atoms with Crippen molar-refractivity contribution in [1.82, 2.24) is 5.43 Å². The number of amides is 2. The molecule has 0 unspecified atom stereocenters. The van der Waals surface area contributed by atoms with Gasteiger partial charge in [-0.15, -0.1) is 0 Å². The summed E-state index contributed by atoms with van der Waals surface area (Å²) >= 11 is 9.51. The van der Waals surface area contributed by atoms with Crippen LogP contribution in [-0.4, -0.2) is 18.0 Å². The highest BCUT2D eigenvalue weighted by molar-refractivity contribution is 9.10. The van der Waals surface area contributed by atoms with Gasteiger partial charge in [0, 0.05) is 10.7 Å². The quantitative estimate of drug-likeness (QED) is 0.238. The molecular formula is C24H21BrClN3O3. The first-order valence-electron chi connectivity index (χ1n) is 9.75. The number of carbonyl (C=O) groups is 2. The zero-order chi connectivity index (χ0) is 22.9. The molecule has 0 spiro atoms. The third kappa shape index (κ3) is 7.21. The number of rotatable bonds is 8. The van der Waals surface area contributed by atoms with E-state index in [1.807, 2.05) is 55.5 Å². The molecule has 0 saturated heterocycles. The Hall–Kier alpha value is -3.16. The number of anilines is 1. The number of hydrogen-bond donors (Lipinski definition) is 2. The zero-order valence-corrected chi connectivity index (χ0v) is 19.6. The number of aryl methyl sites for hydroxylation is 1. The molecule has 32 heavy (non-hydrogen) atoms. The van der Waals surface area contributed by atoms with Gasteiger partial charge in [-0.05, 0) is 69.9 Å². The van der Waals surface area contributed by atoms with E-state index >= 15 is 0 Å². The summed E-state index contributed by atoms with van der Waals surface area (Å²) in [5.74, 6) is -0.290.